The maximum Gasteiger partial charge on any atom is 0.160 e. The van der Waals surface area contributed by atoms with Gasteiger partial charge in [0.1, 0.15) is 0 Å². The van der Waals surface area contributed by atoms with Crippen LogP contribution in [0.5, 0.6) is 0 Å². The molecule has 0 fully saturated rings. The number of nitrogens with zero attached hydrogens (tertiary/aromatic N) is 5. The molecule has 0 atom stereocenters. The quantitative estimate of drug-likeness (QED) is 0.152. The fourth-order valence-corrected chi connectivity index (χ4v) is 14.1. The molecular weight excluding hydrogens is 1020 g/mol. The maximum absolute atomic E-state index is 5.56. The first-order valence-electron chi connectivity index (χ1n) is 29.0. The standard InChI is InChI=1S/C79H53N5/c1-79(2)66-37-15-9-31-57(66)62-43-44-74-75(76(62)79)63-36-14-20-42-73(63)84(74)77-64(52-27-21-29-55(45-52)82-69-38-16-10-32-58(69)59-33-11-17-39-70(59)82)47-54(68-49-67(50-23-5-3-6-24-50)80-78(81-68)51-25-7-4-8-26-51)48-65(77)53-28-22-30-56(46-53)83-71-40-18-12-34-60(71)61-35-13-19-41-72(61)83/h3-49H,1-2H3. The summed E-state index contributed by atoms with van der Waals surface area (Å²) in [6.45, 7) is 4.81. The summed E-state index contributed by atoms with van der Waals surface area (Å²) in [5, 5.41) is 7.39. The Kier molecular flexibility index (Phi) is 10.6. The van der Waals surface area contributed by atoms with Gasteiger partial charge in [0.05, 0.1) is 50.2 Å². The van der Waals surface area contributed by atoms with Crippen LogP contribution in [0.2, 0.25) is 0 Å². The van der Waals surface area contributed by atoms with Crippen LogP contribution < -0.4 is 0 Å². The van der Waals surface area contributed by atoms with Crippen molar-refractivity contribution in [3.63, 3.8) is 0 Å². The highest BCUT2D eigenvalue weighted by molar-refractivity contribution is 6.16. The van der Waals surface area contributed by atoms with Crippen LogP contribution in [0.15, 0.2) is 285 Å². The molecule has 1 aliphatic rings. The first-order valence-corrected chi connectivity index (χ1v) is 29.0. The summed E-state index contributed by atoms with van der Waals surface area (Å²) < 4.78 is 7.45. The number of hydrogen-bond donors (Lipinski definition) is 0. The molecule has 394 valence electrons. The van der Waals surface area contributed by atoms with E-state index in [0.717, 1.165) is 100 Å². The van der Waals surface area contributed by atoms with Gasteiger partial charge in [0.15, 0.2) is 5.82 Å². The summed E-state index contributed by atoms with van der Waals surface area (Å²) in [5.74, 6) is 0.667. The zero-order chi connectivity index (χ0) is 55.6. The van der Waals surface area contributed by atoms with E-state index in [0.29, 0.717) is 5.82 Å². The molecule has 0 radical (unpaired) electrons. The number of hydrogen-bond acceptors (Lipinski definition) is 2. The van der Waals surface area contributed by atoms with Gasteiger partial charge in [-0.1, -0.05) is 220 Å². The summed E-state index contributed by atoms with van der Waals surface area (Å²) >= 11 is 0. The van der Waals surface area contributed by atoms with Gasteiger partial charge in [0.25, 0.3) is 0 Å². The molecule has 4 heterocycles. The van der Waals surface area contributed by atoms with Crippen LogP contribution in [0.3, 0.4) is 0 Å². The molecule has 0 unspecified atom stereocenters. The topological polar surface area (TPSA) is 40.6 Å². The van der Waals surface area contributed by atoms with Crippen LogP contribution in [0.1, 0.15) is 25.0 Å². The van der Waals surface area contributed by atoms with Gasteiger partial charge < -0.3 is 13.7 Å². The molecule has 0 saturated heterocycles. The second-order valence-electron chi connectivity index (χ2n) is 22.9. The Morgan fingerprint density at radius 3 is 1.25 bits per heavy atom. The summed E-state index contributed by atoms with van der Waals surface area (Å²) in [7, 11) is 0. The van der Waals surface area contributed by atoms with Gasteiger partial charge in [-0.3, -0.25) is 0 Å². The zero-order valence-corrected chi connectivity index (χ0v) is 46.4. The van der Waals surface area contributed by atoms with E-state index in [9.17, 15) is 0 Å². The van der Waals surface area contributed by atoms with E-state index < -0.39 is 0 Å². The molecule has 17 rings (SSSR count). The Hall–Kier alpha value is -10.9. The van der Waals surface area contributed by atoms with Gasteiger partial charge in [0.2, 0.25) is 0 Å². The molecule has 12 aromatic carbocycles. The number of benzene rings is 12. The highest BCUT2D eigenvalue weighted by atomic mass is 15.0. The predicted molar refractivity (Wildman–Crippen MR) is 350 cm³/mol. The highest BCUT2D eigenvalue weighted by Gasteiger charge is 2.38. The molecule has 0 spiro atoms. The van der Waals surface area contributed by atoms with Crippen molar-refractivity contribution in [1.82, 2.24) is 23.7 Å². The number of rotatable bonds is 8. The zero-order valence-electron chi connectivity index (χ0n) is 46.4. The van der Waals surface area contributed by atoms with Crippen molar-refractivity contribution in [1.29, 1.82) is 0 Å². The van der Waals surface area contributed by atoms with E-state index in [1.165, 1.54) is 54.6 Å². The van der Waals surface area contributed by atoms with Crippen LogP contribution >= 0.6 is 0 Å². The minimum Gasteiger partial charge on any atom is -0.309 e. The maximum atomic E-state index is 5.56. The summed E-state index contributed by atoms with van der Waals surface area (Å²) in [5.41, 5.74) is 24.2. The van der Waals surface area contributed by atoms with Gasteiger partial charge in [-0.15, -0.1) is 0 Å². The van der Waals surface area contributed by atoms with E-state index in [1.54, 1.807) is 0 Å². The van der Waals surface area contributed by atoms with E-state index in [4.69, 9.17) is 9.97 Å². The summed E-state index contributed by atoms with van der Waals surface area (Å²) in [6, 6.07) is 104. The molecule has 84 heavy (non-hydrogen) atoms. The van der Waals surface area contributed by atoms with E-state index in [1.807, 2.05) is 6.07 Å². The Morgan fingerprint density at radius 2 is 0.714 bits per heavy atom. The number of para-hydroxylation sites is 5. The SMILES string of the molecule is CC1(C)c2ccccc2-c2ccc3c(c21)c1ccccc1n3-c1c(-c2cccc(-n3c4ccccc4c4ccccc43)c2)cc(-c2cc(-c3ccccc3)nc(-c3ccccc3)n2)cc1-c1cccc(-n2c3ccccc3c3ccccc32)c1. The molecule has 16 aromatic rings. The van der Waals surface area contributed by atoms with Gasteiger partial charge in [0, 0.05) is 76.9 Å². The molecule has 0 bridgehead atoms. The van der Waals surface area contributed by atoms with E-state index in [2.05, 4.69) is 307 Å². The largest absolute Gasteiger partial charge is 0.309 e. The van der Waals surface area contributed by atoms with Gasteiger partial charge in [-0.05, 0) is 112 Å². The minimum absolute atomic E-state index is 0.261. The van der Waals surface area contributed by atoms with Gasteiger partial charge >= 0.3 is 0 Å². The summed E-state index contributed by atoms with van der Waals surface area (Å²) in [4.78, 5) is 10.9. The Balaban J connectivity index is 1.02. The lowest BCUT2D eigenvalue weighted by Gasteiger charge is -2.24. The fraction of sp³-hybridized carbons (Fsp3) is 0.0380. The normalized spacial score (nSPS) is 12.7. The molecule has 4 aromatic heterocycles. The van der Waals surface area contributed by atoms with Crippen molar-refractivity contribution in [3.8, 4) is 84.3 Å². The molecule has 0 aliphatic heterocycles. The average molecular weight is 1070 g/mol. The van der Waals surface area contributed by atoms with E-state index >= 15 is 0 Å². The first kappa shape index (κ1) is 47.9. The molecule has 0 amide bonds. The van der Waals surface area contributed by atoms with Crippen molar-refractivity contribution in [2.75, 3.05) is 0 Å². The van der Waals surface area contributed by atoms with Crippen LogP contribution in [0.4, 0.5) is 0 Å². The predicted octanol–water partition coefficient (Wildman–Crippen LogP) is 20.4. The van der Waals surface area contributed by atoms with Crippen LogP contribution in [0, 0.1) is 0 Å². The minimum atomic E-state index is -0.261. The molecular formula is C79H53N5. The molecule has 0 N–H and O–H groups in total. The third-order valence-electron chi connectivity index (χ3n) is 17.8. The lowest BCUT2D eigenvalue weighted by Crippen LogP contribution is -2.15. The molecule has 0 saturated carbocycles. The third kappa shape index (κ3) is 7.22. The smallest absolute Gasteiger partial charge is 0.160 e. The number of fused-ring (bicyclic) bond motifs is 13. The van der Waals surface area contributed by atoms with Crippen molar-refractivity contribution in [2.45, 2.75) is 19.3 Å². The van der Waals surface area contributed by atoms with Gasteiger partial charge in [-0.25, -0.2) is 9.97 Å². The second-order valence-corrected chi connectivity index (χ2v) is 22.9. The van der Waals surface area contributed by atoms with Crippen molar-refractivity contribution in [2.24, 2.45) is 0 Å². The Bertz CT molecular complexity index is 5000. The van der Waals surface area contributed by atoms with Crippen LogP contribution in [-0.2, 0) is 5.41 Å². The molecule has 5 heteroatoms. The Morgan fingerprint density at radius 1 is 0.286 bits per heavy atom. The third-order valence-corrected chi connectivity index (χ3v) is 17.8. The highest BCUT2D eigenvalue weighted by Crippen LogP contribution is 2.54. The average Bonchev–Trinajstić information content (AvgIpc) is 1.71. The number of aromatic nitrogens is 5. The van der Waals surface area contributed by atoms with Crippen molar-refractivity contribution < 1.29 is 0 Å². The molecule has 1 aliphatic carbocycles. The second kappa shape index (κ2) is 18.6. The fourth-order valence-electron chi connectivity index (χ4n) is 14.1. The van der Waals surface area contributed by atoms with Crippen molar-refractivity contribution >= 4 is 65.4 Å². The van der Waals surface area contributed by atoms with Crippen molar-refractivity contribution in [3.05, 3.63) is 296 Å². The first-order chi connectivity index (χ1) is 41.4. The van der Waals surface area contributed by atoms with Crippen LogP contribution in [0.25, 0.3) is 150 Å². The lowest BCUT2D eigenvalue weighted by atomic mass is 9.80. The summed E-state index contributed by atoms with van der Waals surface area (Å²) in [6.07, 6.45) is 0. The van der Waals surface area contributed by atoms with E-state index in [-0.39, 0.29) is 5.41 Å². The molecule has 5 nitrogen and oxygen atoms in total. The monoisotopic (exact) mass is 1070 g/mol. The Labute approximate surface area is 486 Å². The van der Waals surface area contributed by atoms with Gasteiger partial charge in [-0.2, -0.15) is 0 Å². The van der Waals surface area contributed by atoms with Crippen LogP contribution in [-0.4, -0.2) is 23.7 Å². The lowest BCUT2D eigenvalue weighted by molar-refractivity contribution is 0.666.